The molecule has 136 valence electrons. The SMILES string of the molecule is O=C(Nc1ccc(-c2cn3ccsc3n2)cc1)c1ccccc1C(F)(F)F. The molecule has 0 saturated carbocycles. The number of carbonyl (C=O) groups is 1. The number of rotatable bonds is 3. The van der Waals surface area contributed by atoms with Crippen LogP contribution in [0.2, 0.25) is 0 Å². The molecule has 0 radical (unpaired) electrons. The van der Waals surface area contributed by atoms with Crippen LogP contribution in [0.15, 0.2) is 66.3 Å². The molecule has 8 heteroatoms. The molecule has 0 aliphatic heterocycles. The summed E-state index contributed by atoms with van der Waals surface area (Å²) >= 11 is 1.52. The van der Waals surface area contributed by atoms with Crippen LogP contribution >= 0.6 is 11.3 Å². The van der Waals surface area contributed by atoms with E-state index in [2.05, 4.69) is 10.3 Å². The lowest BCUT2D eigenvalue weighted by molar-refractivity contribution is -0.137. The molecule has 0 saturated heterocycles. The number of amides is 1. The maximum absolute atomic E-state index is 13.1. The van der Waals surface area contributed by atoms with Gasteiger partial charge in [-0.25, -0.2) is 4.98 Å². The second-order valence-electron chi connectivity index (χ2n) is 5.79. The zero-order valence-corrected chi connectivity index (χ0v) is 14.5. The topological polar surface area (TPSA) is 46.4 Å². The number of fused-ring (bicyclic) bond motifs is 1. The summed E-state index contributed by atoms with van der Waals surface area (Å²) in [7, 11) is 0. The fourth-order valence-corrected chi connectivity index (χ4v) is 3.42. The van der Waals surface area contributed by atoms with Crippen molar-refractivity contribution in [2.75, 3.05) is 5.32 Å². The van der Waals surface area contributed by atoms with Crippen LogP contribution in [0.5, 0.6) is 0 Å². The number of halogens is 3. The summed E-state index contributed by atoms with van der Waals surface area (Å²) in [6.45, 7) is 0. The summed E-state index contributed by atoms with van der Waals surface area (Å²) in [4.78, 5) is 17.6. The molecule has 2 aromatic carbocycles. The molecule has 4 nitrogen and oxygen atoms in total. The first kappa shape index (κ1) is 17.3. The van der Waals surface area contributed by atoms with Crippen molar-refractivity contribution in [3.63, 3.8) is 0 Å². The van der Waals surface area contributed by atoms with Crippen molar-refractivity contribution in [1.29, 1.82) is 0 Å². The van der Waals surface area contributed by atoms with Gasteiger partial charge in [0.25, 0.3) is 5.91 Å². The molecule has 1 amide bonds. The number of thiazole rings is 1. The molecule has 2 heterocycles. The van der Waals surface area contributed by atoms with Crippen molar-refractivity contribution >= 4 is 27.9 Å². The van der Waals surface area contributed by atoms with E-state index in [4.69, 9.17) is 0 Å². The van der Waals surface area contributed by atoms with Crippen LogP contribution in [0.25, 0.3) is 16.2 Å². The summed E-state index contributed by atoms with van der Waals surface area (Å²) in [6, 6.07) is 11.5. The minimum Gasteiger partial charge on any atom is -0.322 e. The monoisotopic (exact) mass is 387 g/mol. The van der Waals surface area contributed by atoms with Crippen LogP contribution in [0.4, 0.5) is 18.9 Å². The van der Waals surface area contributed by atoms with Gasteiger partial charge in [-0.05, 0) is 24.3 Å². The molecule has 0 fully saturated rings. The van der Waals surface area contributed by atoms with Crippen molar-refractivity contribution in [3.8, 4) is 11.3 Å². The van der Waals surface area contributed by atoms with Gasteiger partial charge in [-0.15, -0.1) is 11.3 Å². The van der Waals surface area contributed by atoms with Gasteiger partial charge in [0.1, 0.15) is 0 Å². The van der Waals surface area contributed by atoms with Crippen LogP contribution < -0.4 is 5.32 Å². The van der Waals surface area contributed by atoms with E-state index in [0.29, 0.717) is 5.69 Å². The van der Waals surface area contributed by atoms with E-state index in [0.717, 1.165) is 28.4 Å². The summed E-state index contributed by atoms with van der Waals surface area (Å²) in [5, 5.41) is 4.44. The molecule has 0 aliphatic rings. The summed E-state index contributed by atoms with van der Waals surface area (Å²) < 4.78 is 41.1. The highest BCUT2D eigenvalue weighted by Gasteiger charge is 2.34. The van der Waals surface area contributed by atoms with Gasteiger partial charge in [0.05, 0.1) is 16.8 Å². The van der Waals surface area contributed by atoms with Crippen molar-refractivity contribution in [2.24, 2.45) is 0 Å². The lowest BCUT2D eigenvalue weighted by Crippen LogP contribution is -2.18. The quantitative estimate of drug-likeness (QED) is 0.516. The number of carbonyl (C=O) groups excluding carboxylic acids is 1. The fraction of sp³-hybridized carbons (Fsp3) is 0.0526. The van der Waals surface area contributed by atoms with Gasteiger partial charge in [-0.1, -0.05) is 24.3 Å². The normalized spacial score (nSPS) is 11.7. The second kappa shape index (κ2) is 6.55. The van der Waals surface area contributed by atoms with Gasteiger partial charge in [0.2, 0.25) is 0 Å². The molecule has 0 bridgehead atoms. The van der Waals surface area contributed by atoms with Crippen LogP contribution in [-0.2, 0) is 6.18 Å². The number of aromatic nitrogens is 2. The van der Waals surface area contributed by atoms with Gasteiger partial charge < -0.3 is 5.32 Å². The lowest BCUT2D eigenvalue weighted by atomic mass is 10.1. The highest BCUT2D eigenvalue weighted by molar-refractivity contribution is 7.15. The minimum absolute atomic E-state index is 0.404. The second-order valence-corrected chi connectivity index (χ2v) is 6.67. The Kier molecular flexibility index (Phi) is 4.19. The Morgan fingerprint density at radius 3 is 2.52 bits per heavy atom. The average molecular weight is 387 g/mol. The van der Waals surface area contributed by atoms with Crippen molar-refractivity contribution in [1.82, 2.24) is 9.38 Å². The van der Waals surface area contributed by atoms with Crippen molar-refractivity contribution in [2.45, 2.75) is 6.18 Å². The number of anilines is 1. The highest BCUT2D eigenvalue weighted by atomic mass is 32.1. The third-order valence-corrected chi connectivity index (χ3v) is 4.78. The molecule has 0 atom stereocenters. The Hall–Kier alpha value is -3.13. The van der Waals surface area contributed by atoms with E-state index in [1.807, 2.05) is 22.2 Å². The average Bonchev–Trinajstić information content (AvgIpc) is 3.23. The largest absolute Gasteiger partial charge is 0.417 e. The number of nitrogens with zero attached hydrogens (tertiary/aromatic N) is 2. The smallest absolute Gasteiger partial charge is 0.322 e. The Bertz CT molecular complexity index is 1080. The summed E-state index contributed by atoms with van der Waals surface area (Å²) in [5.41, 5.74) is 0.657. The Balaban J connectivity index is 1.55. The zero-order valence-electron chi connectivity index (χ0n) is 13.7. The van der Waals surface area contributed by atoms with Gasteiger partial charge in [0, 0.05) is 29.0 Å². The summed E-state index contributed by atoms with van der Waals surface area (Å²) in [6.07, 6.45) is -0.798. The van der Waals surface area contributed by atoms with E-state index < -0.39 is 23.2 Å². The molecule has 0 spiro atoms. The van der Waals surface area contributed by atoms with E-state index in [-0.39, 0.29) is 0 Å². The third kappa shape index (κ3) is 3.43. The fourth-order valence-electron chi connectivity index (χ4n) is 2.72. The number of hydrogen-bond donors (Lipinski definition) is 1. The number of hydrogen-bond acceptors (Lipinski definition) is 3. The first-order valence-corrected chi connectivity index (χ1v) is 8.80. The van der Waals surface area contributed by atoms with Gasteiger partial charge in [-0.2, -0.15) is 13.2 Å². The molecule has 0 aliphatic carbocycles. The summed E-state index contributed by atoms with van der Waals surface area (Å²) in [5.74, 6) is -0.807. The molecular weight excluding hydrogens is 375 g/mol. The zero-order chi connectivity index (χ0) is 19.0. The van der Waals surface area contributed by atoms with Gasteiger partial charge in [-0.3, -0.25) is 9.20 Å². The standard InChI is InChI=1S/C19H12F3N3OS/c20-19(21,22)15-4-2-1-3-14(15)17(26)23-13-7-5-12(6-8-13)16-11-25-9-10-27-18(25)24-16/h1-11H,(H,23,26). The van der Waals surface area contributed by atoms with E-state index in [9.17, 15) is 18.0 Å². The maximum atomic E-state index is 13.1. The Morgan fingerprint density at radius 2 is 1.81 bits per heavy atom. The lowest BCUT2D eigenvalue weighted by Gasteiger charge is -2.12. The predicted octanol–water partition coefficient (Wildman–Crippen LogP) is 5.33. The number of alkyl halides is 3. The molecule has 1 N–H and O–H groups in total. The van der Waals surface area contributed by atoms with Crippen molar-refractivity contribution in [3.05, 3.63) is 77.4 Å². The van der Waals surface area contributed by atoms with E-state index in [1.165, 1.54) is 23.5 Å². The maximum Gasteiger partial charge on any atom is 0.417 e. The highest BCUT2D eigenvalue weighted by Crippen LogP contribution is 2.32. The van der Waals surface area contributed by atoms with Crippen LogP contribution in [0.1, 0.15) is 15.9 Å². The minimum atomic E-state index is -4.59. The molecular formula is C19H12F3N3OS. The number of nitrogens with one attached hydrogen (secondary N) is 1. The molecule has 4 rings (SSSR count). The van der Waals surface area contributed by atoms with Crippen LogP contribution in [-0.4, -0.2) is 15.3 Å². The van der Waals surface area contributed by atoms with Gasteiger partial charge in [0.15, 0.2) is 4.96 Å². The van der Waals surface area contributed by atoms with Gasteiger partial charge >= 0.3 is 6.18 Å². The van der Waals surface area contributed by atoms with Crippen LogP contribution in [0.3, 0.4) is 0 Å². The third-order valence-electron chi connectivity index (χ3n) is 4.01. The predicted molar refractivity (Wildman–Crippen MR) is 97.9 cm³/mol. The van der Waals surface area contributed by atoms with E-state index >= 15 is 0 Å². The molecule has 2 aromatic heterocycles. The number of imidazole rings is 1. The van der Waals surface area contributed by atoms with Crippen LogP contribution in [0, 0.1) is 0 Å². The van der Waals surface area contributed by atoms with E-state index in [1.54, 1.807) is 24.3 Å². The van der Waals surface area contributed by atoms with Crippen molar-refractivity contribution < 1.29 is 18.0 Å². The molecule has 0 unspecified atom stereocenters. The number of benzene rings is 2. The first-order valence-electron chi connectivity index (χ1n) is 7.92. The Morgan fingerprint density at radius 1 is 1.07 bits per heavy atom. The Labute approximate surface area is 155 Å². The molecule has 4 aromatic rings. The molecule has 27 heavy (non-hydrogen) atoms. The first-order chi connectivity index (χ1) is 12.9.